The number of nitrogen functional groups attached to an aromatic ring is 1. The van der Waals surface area contributed by atoms with E-state index in [9.17, 15) is 4.79 Å². The smallest absolute Gasteiger partial charge is 0.240 e. The predicted molar refractivity (Wildman–Crippen MR) is 88.9 cm³/mol. The maximum Gasteiger partial charge on any atom is 0.240 e. The molecule has 3 aromatic rings. The number of nitrogens with two attached hydrogens (primary N) is 1. The molecule has 1 fully saturated rings. The molecule has 1 aliphatic rings. The van der Waals surface area contributed by atoms with Crippen LogP contribution in [0.2, 0.25) is 0 Å². The van der Waals surface area contributed by atoms with Crippen LogP contribution in [-0.4, -0.2) is 20.4 Å². The van der Waals surface area contributed by atoms with Crippen molar-refractivity contribution in [3.05, 3.63) is 48.2 Å². The minimum atomic E-state index is 0.270. The summed E-state index contributed by atoms with van der Waals surface area (Å²) in [4.78, 5) is 16.1. The molecule has 0 atom stereocenters. The number of carbonyl (C=O) groups is 1. The van der Waals surface area contributed by atoms with Crippen molar-refractivity contribution in [2.24, 2.45) is 5.92 Å². The Morgan fingerprint density at radius 1 is 1.13 bits per heavy atom. The summed E-state index contributed by atoms with van der Waals surface area (Å²) in [5, 5.41) is 4.13. The SMILES string of the molecule is Nc1nc2ccc(-c3ccc(CC(=O)CC4CC4)cc3)cn2n1. The molecule has 0 saturated heterocycles. The summed E-state index contributed by atoms with van der Waals surface area (Å²) in [6.07, 6.45) is 5.63. The normalized spacial score (nSPS) is 14.3. The van der Waals surface area contributed by atoms with Gasteiger partial charge in [-0.3, -0.25) is 4.79 Å². The van der Waals surface area contributed by atoms with E-state index in [1.54, 1.807) is 4.52 Å². The fourth-order valence-corrected chi connectivity index (χ4v) is 2.83. The molecule has 0 radical (unpaired) electrons. The van der Waals surface area contributed by atoms with E-state index in [1.807, 2.05) is 42.6 Å². The Morgan fingerprint density at radius 3 is 2.61 bits per heavy atom. The van der Waals surface area contributed by atoms with E-state index in [0.29, 0.717) is 18.1 Å². The van der Waals surface area contributed by atoms with Crippen LogP contribution in [0, 0.1) is 5.92 Å². The lowest BCUT2D eigenvalue weighted by molar-refractivity contribution is -0.118. The number of benzene rings is 1. The van der Waals surface area contributed by atoms with Crippen LogP contribution < -0.4 is 5.73 Å². The highest BCUT2D eigenvalue weighted by Gasteiger charge is 2.24. The fraction of sp³-hybridized carbons (Fsp3) is 0.278. The third kappa shape index (κ3) is 3.08. The monoisotopic (exact) mass is 306 g/mol. The Kier molecular flexibility index (Phi) is 3.33. The Labute approximate surface area is 134 Å². The number of rotatable bonds is 5. The van der Waals surface area contributed by atoms with Crippen LogP contribution in [0.4, 0.5) is 5.95 Å². The third-order valence-electron chi connectivity index (χ3n) is 4.25. The summed E-state index contributed by atoms with van der Waals surface area (Å²) in [5.74, 6) is 1.27. The minimum Gasteiger partial charge on any atom is -0.366 e. The topological polar surface area (TPSA) is 73.3 Å². The molecular formula is C18H18N4O. The molecule has 23 heavy (non-hydrogen) atoms. The first-order valence-electron chi connectivity index (χ1n) is 7.90. The molecule has 0 spiro atoms. The lowest BCUT2D eigenvalue weighted by atomic mass is 10.0. The molecule has 5 heteroatoms. The highest BCUT2D eigenvalue weighted by Crippen LogP contribution is 2.32. The van der Waals surface area contributed by atoms with Gasteiger partial charge in [-0.2, -0.15) is 4.98 Å². The van der Waals surface area contributed by atoms with Crippen LogP contribution in [-0.2, 0) is 11.2 Å². The first kappa shape index (κ1) is 13.9. The predicted octanol–water partition coefficient (Wildman–Crippen LogP) is 2.89. The van der Waals surface area contributed by atoms with Crippen molar-refractivity contribution in [1.82, 2.24) is 14.6 Å². The van der Waals surface area contributed by atoms with E-state index >= 15 is 0 Å². The van der Waals surface area contributed by atoms with E-state index in [0.717, 1.165) is 28.8 Å². The van der Waals surface area contributed by atoms with Gasteiger partial charge < -0.3 is 5.73 Å². The van der Waals surface area contributed by atoms with E-state index in [-0.39, 0.29) is 5.95 Å². The molecule has 1 aliphatic carbocycles. The summed E-state index contributed by atoms with van der Waals surface area (Å²) >= 11 is 0. The lowest BCUT2D eigenvalue weighted by Crippen LogP contribution is -2.03. The Hall–Kier alpha value is -2.69. The summed E-state index contributed by atoms with van der Waals surface area (Å²) in [6, 6.07) is 12.0. The van der Waals surface area contributed by atoms with Crippen molar-refractivity contribution in [3.8, 4) is 11.1 Å². The van der Waals surface area contributed by atoms with Gasteiger partial charge in [-0.1, -0.05) is 24.3 Å². The van der Waals surface area contributed by atoms with Crippen molar-refractivity contribution in [2.45, 2.75) is 25.7 Å². The van der Waals surface area contributed by atoms with Crippen LogP contribution in [0.15, 0.2) is 42.6 Å². The van der Waals surface area contributed by atoms with Crippen LogP contribution in [0.3, 0.4) is 0 Å². The quantitative estimate of drug-likeness (QED) is 0.786. The number of carbonyl (C=O) groups excluding carboxylic acids is 1. The number of nitrogens with zero attached hydrogens (tertiary/aromatic N) is 3. The second-order valence-corrected chi connectivity index (χ2v) is 6.25. The molecule has 2 heterocycles. The molecule has 2 N–H and O–H groups in total. The van der Waals surface area contributed by atoms with Gasteiger partial charge >= 0.3 is 0 Å². The average Bonchev–Trinajstić information content (AvgIpc) is 3.25. The number of hydrogen-bond donors (Lipinski definition) is 1. The molecule has 4 rings (SSSR count). The van der Waals surface area contributed by atoms with Gasteiger partial charge in [-0.15, -0.1) is 5.10 Å². The van der Waals surface area contributed by atoms with Crippen molar-refractivity contribution in [1.29, 1.82) is 0 Å². The summed E-state index contributed by atoms with van der Waals surface area (Å²) < 4.78 is 1.68. The van der Waals surface area contributed by atoms with Gasteiger partial charge in [0.1, 0.15) is 5.78 Å². The second-order valence-electron chi connectivity index (χ2n) is 6.25. The van der Waals surface area contributed by atoms with Crippen molar-refractivity contribution in [2.75, 3.05) is 5.73 Å². The van der Waals surface area contributed by atoms with Crippen LogP contribution in [0.5, 0.6) is 0 Å². The zero-order valence-electron chi connectivity index (χ0n) is 12.8. The van der Waals surface area contributed by atoms with E-state index in [1.165, 1.54) is 12.8 Å². The summed E-state index contributed by atoms with van der Waals surface area (Å²) in [7, 11) is 0. The number of aromatic nitrogens is 3. The van der Waals surface area contributed by atoms with Gasteiger partial charge in [0.25, 0.3) is 0 Å². The fourth-order valence-electron chi connectivity index (χ4n) is 2.83. The molecular weight excluding hydrogens is 288 g/mol. The van der Waals surface area contributed by atoms with Crippen molar-refractivity contribution in [3.63, 3.8) is 0 Å². The second kappa shape index (κ2) is 5.50. The molecule has 0 aliphatic heterocycles. The standard InChI is InChI=1S/C18H18N4O/c19-18-20-17-8-7-15(11-22(17)21-18)14-5-3-13(4-6-14)10-16(23)9-12-1-2-12/h3-8,11-12H,1-2,9-10H2,(H2,19,21). The number of hydrogen-bond acceptors (Lipinski definition) is 4. The van der Waals surface area contributed by atoms with Crippen LogP contribution in [0.25, 0.3) is 16.8 Å². The molecule has 1 aromatic carbocycles. The molecule has 0 bridgehead atoms. The van der Waals surface area contributed by atoms with Crippen molar-refractivity contribution < 1.29 is 4.79 Å². The molecule has 116 valence electrons. The Balaban J connectivity index is 1.52. The Morgan fingerprint density at radius 2 is 1.87 bits per heavy atom. The van der Waals surface area contributed by atoms with Gasteiger partial charge in [0.05, 0.1) is 0 Å². The van der Waals surface area contributed by atoms with Crippen LogP contribution in [0.1, 0.15) is 24.8 Å². The van der Waals surface area contributed by atoms with E-state index in [2.05, 4.69) is 10.1 Å². The average molecular weight is 306 g/mol. The molecule has 0 amide bonds. The molecule has 5 nitrogen and oxygen atoms in total. The van der Waals surface area contributed by atoms with Gasteiger partial charge in [0.15, 0.2) is 5.65 Å². The van der Waals surface area contributed by atoms with Crippen molar-refractivity contribution >= 4 is 17.4 Å². The number of ketones is 1. The van der Waals surface area contributed by atoms with Gasteiger partial charge in [0, 0.05) is 24.6 Å². The van der Waals surface area contributed by atoms with Gasteiger partial charge in [-0.25, -0.2) is 4.52 Å². The molecule has 0 unspecified atom stereocenters. The summed E-state index contributed by atoms with van der Waals surface area (Å²) in [5.41, 5.74) is 9.54. The van der Waals surface area contributed by atoms with E-state index in [4.69, 9.17) is 5.73 Å². The molecule has 1 saturated carbocycles. The maximum absolute atomic E-state index is 11.9. The summed E-state index contributed by atoms with van der Waals surface area (Å²) in [6.45, 7) is 0. The zero-order chi connectivity index (χ0) is 15.8. The highest BCUT2D eigenvalue weighted by atomic mass is 16.1. The number of fused-ring (bicyclic) bond motifs is 1. The first-order valence-corrected chi connectivity index (χ1v) is 7.90. The maximum atomic E-state index is 11.9. The molecule has 2 aromatic heterocycles. The minimum absolute atomic E-state index is 0.270. The van der Waals surface area contributed by atoms with Gasteiger partial charge in [-0.05, 0) is 42.0 Å². The number of pyridine rings is 1. The number of anilines is 1. The lowest BCUT2D eigenvalue weighted by Gasteiger charge is -2.05. The van der Waals surface area contributed by atoms with E-state index < -0.39 is 0 Å². The number of Topliss-reactive ketones (excluding diaryl/α,β-unsaturated/α-hetero) is 1. The Bertz CT molecular complexity index is 862. The zero-order valence-corrected chi connectivity index (χ0v) is 12.8. The largest absolute Gasteiger partial charge is 0.366 e. The van der Waals surface area contributed by atoms with Crippen LogP contribution >= 0.6 is 0 Å². The third-order valence-corrected chi connectivity index (χ3v) is 4.25. The highest BCUT2D eigenvalue weighted by molar-refractivity contribution is 5.81. The van der Waals surface area contributed by atoms with Gasteiger partial charge in [0.2, 0.25) is 5.95 Å². The first-order chi connectivity index (χ1) is 11.2.